The van der Waals surface area contributed by atoms with Crippen LogP contribution in [-0.2, 0) is 6.42 Å². The number of ether oxygens (including phenoxy) is 1. The Kier molecular flexibility index (Phi) is 8.53. The van der Waals surface area contributed by atoms with Crippen LogP contribution in [0.4, 0.5) is 28.4 Å². The van der Waals surface area contributed by atoms with Crippen LogP contribution >= 0.6 is 11.8 Å². The molecule has 1 aliphatic heterocycles. The topological polar surface area (TPSA) is 102 Å². The number of carbonyl (C=O) groups is 2. The number of nitrogens with zero attached hydrogens (tertiary/aromatic N) is 5. The Balaban J connectivity index is 1.21. The highest BCUT2D eigenvalue weighted by molar-refractivity contribution is 8.15. The molecule has 0 bridgehead atoms. The molecule has 0 spiro atoms. The lowest BCUT2D eigenvalue weighted by Gasteiger charge is -2.21. The molecule has 4 aromatic rings. The zero-order valence-corrected chi connectivity index (χ0v) is 24.3. The second-order valence-electron chi connectivity index (χ2n) is 9.90. The average Bonchev–Trinajstić information content (AvgIpc) is 3.56. The summed E-state index contributed by atoms with van der Waals surface area (Å²) in [6.45, 7) is 6.18. The Hall–Kier alpha value is -4.65. The van der Waals surface area contributed by atoms with Crippen molar-refractivity contribution in [3.8, 4) is 22.8 Å². The van der Waals surface area contributed by atoms with E-state index in [2.05, 4.69) is 25.1 Å². The van der Waals surface area contributed by atoms with E-state index in [4.69, 9.17) is 0 Å². The highest BCUT2D eigenvalue weighted by Crippen LogP contribution is 2.33. The number of benzene rings is 3. The quantitative estimate of drug-likeness (QED) is 0.248. The number of aryl methyl sites for hydroxylation is 3. The van der Waals surface area contributed by atoms with Crippen molar-refractivity contribution >= 4 is 34.6 Å². The summed E-state index contributed by atoms with van der Waals surface area (Å²) in [6.07, 6.45) is -2.78. The zero-order valence-electron chi connectivity index (χ0n) is 23.5. The number of halogens is 3. The lowest BCUT2D eigenvalue weighted by molar-refractivity contribution is -0.274. The molecule has 5 rings (SSSR count). The van der Waals surface area contributed by atoms with E-state index in [1.807, 2.05) is 57.2 Å². The molecule has 1 aromatic heterocycles. The van der Waals surface area contributed by atoms with Gasteiger partial charge in [-0.1, -0.05) is 47.7 Å². The summed E-state index contributed by atoms with van der Waals surface area (Å²) in [4.78, 5) is 35.4. The van der Waals surface area contributed by atoms with E-state index in [0.717, 1.165) is 45.3 Å². The number of alkyl halides is 3. The molecular weight excluding hydrogens is 581 g/mol. The number of thioether (sulfide) groups is 1. The van der Waals surface area contributed by atoms with Crippen LogP contribution in [0.5, 0.6) is 5.75 Å². The van der Waals surface area contributed by atoms with Gasteiger partial charge in [0.15, 0.2) is 5.82 Å². The summed E-state index contributed by atoms with van der Waals surface area (Å²) in [6, 6.07) is 16.3. The largest absolute Gasteiger partial charge is 0.573 e. The van der Waals surface area contributed by atoms with Crippen LogP contribution < -0.4 is 15.0 Å². The number of rotatable bonds is 7. The van der Waals surface area contributed by atoms with Crippen LogP contribution in [0, 0.1) is 20.8 Å². The monoisotopic (exact) mass is 608 g/mol. The lowest BCUT2D eigenvalue weighted by atomic mass is 10.0. The molecule has 1 fully saturated rings. The number of hydrogen-bond acceptors (Lipinski definition) is 6. The molecule has 43 heavy (non-hydrogen) atoms. The van der Waals surface area contributed by atoms with E-state index in [-0.39, 0.29) is 11.0 Å². The number of urea groups is 1. The number of aliphatic imine (C=N–C) groups is 1. The van der Waals surface area contributed by atoms with Crippen LogP contribution in [0.2, 0.25) is 0 Å². The number of amidine groups is 1. The van der Waals surface area contributed by atoms with Gasteiger partial charge >= 0.3 is 12.4 Å². The molecule has 222 valence electrons. The molecule has 0 radical (unpaired) electrons. The van der Waals surface area contributed by atoms with Gasteiger partial charge in [0, 0.05) is 12.1 Å². The first-order valence-corrected chi connectivity index (χ1v) is 14.2. The van der Waals surface area contributed by atoms with Crippen molar-refractivity contribution in [2.24, 2.45) is 4.99 Å². The van der Waals surface area contributed by atoms with Crippen molar-refractivity contribution in [3.05, 3.63) is 89.2 Å². The summed E-state index contributed by atoms with van der Waals surface area (Å²) in [5.74, 6) is 0.811. The number of anilines is 1. The zero-order chi connectivity index (χ0) is 30.7. The predicted molar refractivity (Wildman–Crippen MR) is 159 cm³/mol. The Morgan fingerprint density at radius 2 is 1.79 bits per heavy atom. The second kappa shape index (κ2) is 12.3. The van der Waals surface area contributed by atoms with Gasteiger partial charge in [0.2, 0.25) is 0 Å². The van der Waals surface area contributed by atoms with Crippen molar-refractivity contribution in [1.29, 1.82) is 0 Å². The molecule has 2 heterocycles. The maximum absolute atomic E-state index is 12.7. The summed E-state index contributed by atoms with van der Waals surface area (Å²) < 4.78 is 42.6. The number of amides is 3. The SMILES string of the molecule is Cc1cc(C)c(N2C(=O)SCC2=NC(=O)NCCc2cccc(-c3ncn(-c4ccc(OC(F)(F)F)cc4)n3)c2)c(C)c1. The molecule has 3 aromatic carbocycles. The fraction of sp³-hybridized carbons (Fsp3) is 0.233. The van der Waals surface area contributed by atoms with E-state index in [9.17, 15) is 22.8 Å². The van der Waals surface area contributed by atoms with Crippen LogP contribution in [0.15, 0.2) is 72.0 Å². The third-order valence-corrected chi connectivity index (χ3v) is 7.39. The van der Waals surface area contributed by atoms with Crippen LogP contribution in [0.1, 0.15) is 22.3 Å². The number of nitrogens with one attached hydrogen (secondary N) is 1. The normalized spacial score (nSPS) is 14.4. The van der Waals surface area contributed by atoms with Crippen LogP contribution in [0.3, 0.4) is 0 Å². The standard InChI is InChI=1S/C30H27F3N6O3S/c1-18-13-19(2)26(20(3)14-18)39-25(16-43-29(39)41)36-28(40)34-12-11-21-5-4-6-22(15-21)27-35-17-38(37-27)23-7-9-24(10-8-23)42-30(31,32)33/h4-10,13-15,17H,11-12,16H2,1-3H3,(H,34,40). The molecule has 0 aliphatic carbocycles. The van der Waals surface area contributed by atoms with Crippen molar-refractivity contribution in [2.45, 2.75) is 33.6 Å². The predicted octanol–water partition coefficient (Wildman–Crippen LogP) is 6.78. The molecule has 1 saturated heterocycles. The summed E-state index contributed by atoms with van der Waals surface area (Å²) in [5, 5.41) is 7.07. The molecule has 3 amide bonds. The first-order valence-electron chi connectivity index (χ1n) is 13.2. The summed E-state index contributed by atoms with van der Waals surface area (Å²) in [7, 11) is 0. The van der Waals surface area contributed by atoms with Gasteiger partial charge in [-0.25, -0.2) is 14.5 Å². The lowest BCUT2D eigenvalue weighted by Crippen LogP contribution is -2.33. The van der Waals surface area contributed by atoms with Crippen molar-refractivity contribution < 1.29 is 27.5 Å². The van der Waals surface area contributed by atoms with Gasteiger partial charge in [0.25, 0.3) is 5.24 Å². The van der Waals surface area contributed by atoms with E-state index in [1.165, 1.54) is 40.2 Å². The van der Waals surface area contributed by atoms with Gasteiger partial charge in [-0.15, -0.1) is 18.3 Å². The Morgan fingerprint density at radius 1 is 1.07 bits per heavy atom. The maximum Gasteiger partial charge on any atom is 0.573 e. The molecule has 13 heteroatoms. The molecule has 0 saturated carbocycles. The van der Waals surface area contributed by atoms with Crippen molar-refractivity contribution in [2.75, 3.05) is 17.2 Å². The van der Waals surface area contributed by atoms with Gasteiger partial charge in [-0.05, 0) is 74.2 Å². The van der Waals surface area contributed by atoms with Crippen LogP contribution in [0.25, 0.3) is 17.1 Å². The van der Waals surface area contributed by atoms with E-state index in [0.29, 0.717) is 36.1 Å². The smallest absolute Gasteiger partial charge is 0.406 e. The van der Waals surface area contributed by atoms with Gasteiger partial charge < -0.3 is 10.1 Å². The minimum atomic E-state index is -4.76. The number of aromatic nitrogens is 3. The van der Waals surface area contributed by atoms with E-state index >= 15 is 0 Å². The molecular formula is C30H27F3N6O3S. The molecule has 9 nitrogen and oxygen atoms in total. The first kappa shape index (κ1) is 29.8. The van der Waals surface area contributed by atoms with Crippen LogP contribution in [-0.4, -0.2) is 50.5 Å². The summed E-state index contributed by atoms with van der Waals surface area (Å²) >= 11 is 1.11. The van der Waals surface area contributed by atoms with Gasteiger partial charge in [0.1, 0.15) is 17.9 Å². The third-order valence-electron chi connectivity index (χ3n) is 6.56. The van der Waals surface area contributed by atoms with Gasteiger partial charge in [0.05, 0.1) is 17.1 Å². The van der Waals surface area contributed by atoms with E-state index in [1.54, 1.807) is 0 Å². The average molecular weight is 609 g/mol. The molecule has 1 aliphatic rings. The summed E-state index contributed by atoms with van der Waals surface area (Å²) in [5.41, 5.74) is 5.91. The fourth-order valence-electron chi connectivity index (χ4n) is 4.85. The third kappa shape index (κ3) is 7.23. The van der Waals surface area contributed by atoms with Gasteiger partial charge in [-0.2, -0.15) is 4.99 Å². The Bertz CT molecular complexity index is 1680. The number of carbonyl (C=O) groups excluding carboxylic acids is 2. The first-order chi connectivity index (χ1) is 20.5. The fourth-order valence-corrected chi connectivity index (χ4v) is 5.62. The minimum absolute atomic E-state index is 0.165. The molecule has 1 N–H and O–H groups in total. The second-order valence-corrected chi connectivity index (χ2v) is 10.8. The van der Waals surface area contributed by atoms with Gasteiger partial charge in [-0.3, -0.25) is 9.69 Å². The maximum atomic E-state index is 12.7. The Labute approximate surface area is 249 Å². The highest BCUT2D eigenvalue weighted by atomic mass is 32.2. The molecule has 0 atom stereocenters. The highest BCUT2D eigenvalue weighted by Gasteiger charge is 2.33. The van der Waals surface area contributed by atoms with E-state index < -0.39 is 12.4 Å². The number of hydrogen-bond donors (Lipinski definition) is 1. The molecule has 0 unspecified atom stereocenters. The van der Waals surface area contributed by atoms with Crippen molar-refractivity contribution in [3.63, 3.8) is 0 Å². The Morgan fingerprint density at radius 3 is 2.49 bits per heavy atom. The minimum Gasteiger partial charge on any atom is -0.406 e. The van der Waals surface area contributed by atoms with Crippen molar-refractivity contribution in [1.82, 2.24) is 20.1 Å².